The molecule has 186 valence electrons. The van der Waals surface area contributed by atoms with Gasteiger partial charge in [-0.1, -0.05) is 12.1 Å². The standard InChI is InChI=1S/C25H23F5N2O2S/c1-16(2)32(35(34)23-9-7-21(26)8-10-23)15-24(33)31-14-17-11-19(13-22(27)12-17)18-3-5-20(6-4-18)25(28,29)30/h3-13,16H,14-15H2,1-2H3,(H,31,33). The number of rotatable bonds is 8. The van der Waals surface area contributed by atoms with E-state index in [0.717, 1.165) is 12.1 Å². The van der Waals surface area contributed by atoms with Gasteiger partial charge < -0.3 is 9.87 Å². The van der Waals surface area contributed by atoms with Crippen LogP contribution in [-0.4, -0.2) is 27.4 Å². The van der Waals surface area contributed by atoms with Gasteiger partial charge >= 0.3 is 6.18 Å². The van der Waals surface area contributed by atoms with E-state index in [2.05, 4.69) is 5.32 Å². The van der Waals surface area contributed by atoms with Crippen LogP contribution in [0.3, 0.4) is 0 Å². The van der Waals surface area contributed by atoms with Crippen LogP contribution in [0.2, 0.25) is 0 Å². The van der Waals surface area contributed by atoms with Crippen molar-refractivity contribution < 1.29 is 31.3 Å². The van der Waals surface area contributed by atoms with Crippen LogP contribution in [0.15, 0.2) is 71.6 Å². The number of carbonyl (C=O) groups excluding carboxylic acids is 1. The summed E-state index contributed by atoms with van der Waals surface area (Å²) in [6, 6.07) is 13.2. The Morgan fingerprint density at radius 1 is 0.943 bits per heavy atom. The largest absolute Gasteiger partial charge is 0.593 e. The van der Waals surface area contributed by atoms with Crippen molar-refractivity contribution in [2.45, 2.75) is 37.5 Å². The van der Waals surface area contributed by atoms with Gasteiger partial charge in [0.1, 0.15) is 18.2 Å². The Balaban J connectivity index is 1.67. The molecule has 0 fully saturated rings. The van der Waals surface area contributed by atoms with Crippen LogP contribution in [0, 0.1) is 11.6 Å². The van der Waals surface area contributed by atoms with Crippen LogP contribution in [-0.2, 0) is 28.9 Å². The van der Waals surface area contributed by atoms with Gasteiger partial charge in [0.05, 0.1) is 23.0 Å². The van der Waals surface area contributed by atoms with Crippen LogP contribution in [0.4, 0.5) is 22.0 Å². The molecule has 1 unspecified atom stereocenters. The molecule has 1 amide bonds. The molecule has 0 aliphatic carbocycles. The highest BCUT2D eigenvalue weighted by molar-refractivity contribution is 7.89. The first-order chi connectivity index (χ1) is 16.4. The lowest BCUT2D eigenvalue weighted by Gasteiger charge is -2.26. The van der Waals surface area contributed by atoms with Crippen molar-refractivity contribution in [3.8, 4) is 11.1 Å². The van der Waals surface area contributed by atoms with Crippen LogP contribution < -0.4 is 5.32 Å². The minimum absolute atomic E-state index is 0.0423. The fourth-order valence-corrected chi connectivity index (χ4v) is 4.55. The molecule has 35 heavy (non-hydrogen) atoms. The fourth-order valence-electron chi connectivity index (χ4n) is 3.29. The molecule has 0 radical (unpaired) electrons. The lowest BCUT2D eigenvalue weighted by Crippen LogP contribution is -2.44. The van der Waals surface area contributed by atoms with Crippen LogP contribution in [0.1, 0.15) is 25.0 Å². The summed E-state index contributed by atoms with van der Waals surface area (Å²) in [7, 11) is 0. The molecule has 0 aromatic heterocycles. The molecular weight excluding hydrogens is 487 g/mol. The van der Waals surface area contributed by atoms with E-state index in [1.165, 1.54) is 52.8 Å². The van der Waals surface area contributed by atoms with Crippen molar-refractivity contribution in [1.29, 1.82) is 0 Å². The number of halogens is 5. The first-order valence-corrected chi connectivity index (χ1v) is 11.7. The summed E-state index contributed by atoms with van der Waals surface area (Å²) in [6.45, 7) is 3.26. The average Bonchev–Trinajstić information content (AvgIpc) is 2.80. The molecule has 1 atom stereocenters. The Hall–Kier alpha value is -2.95. The van der Waals surface area contributed by atoms with E-state index < -0.39 is 40.6 Å². The number of nitrogens with one attached hydrogen (secondary N) is 1. The summed E-state index contributed by atoms with van der Waals surface area (Å²) in [5.74, 6) is -1.53. The predicted molar refractivity (Wildman–Crippen MR) is 123 cm³/mol. The van der Waals surface area contributed by atoms with E-state index in [1.54, 1.807) is 19.9 Å². The number of benzene rings is 3. The molecular formula is C25H23F5N2O2S. The average molecular weight is 511 g/mol. The van der Waals surface area contributed by atoms with Gasteiger partial charge in [-0.05, 0) is 85.1 Å². The molecule has 0 aliphatic heterocycles. The zero-order valence-corrected chi connectivity index (χ0v) is 19.7. The first-order valence-electron chi connectivity index (χ1n) is 10.6. The van der Waals surface area contributed by atoms with Crippen LogP contribution in [0.5, 0.6) is 0 Å². The topological polar surface area (TPSA) is 55.4 Å². The van der Waals surface area contributed by atoms with Crippen molar-refractivity contribution in [1.82, 2.24) is 9.62 Å². The summed E-state index contributed by atoms with van der Waals surface area (Å²) in [4.78, 5) is 12.9. The van der Waals surface area contributed by atoms with Gasteiger partial charge in [0.25, 0.3) is 0 Å². The molecule has 10 heteroatoms. The normalized spacial score (nSPS) is 12.7. The maximum Gasteiger partial charge on any atom is 0.416 e. The molecule has 3 rings (SSSR count). The number of hydrogen-bond acceptors (Lipinski definition) is 3. The number of carbonyl (C=O) groups is 1. The first kappa shape index (κ1) is 26.7. The van der Waals surface area contributed by atoms with Gasteiger partial charge in [-0.15, -0.1) is 4.31 Å². The van der Waals surface area contributed by atoms with Gasteiger partial charge in [-0.25, -0.2) is 8.78 Å². The third-order valence-electron chi connectivity index (χ3n) is 5.10. The van der Waals surface area contributed by atoms with Crippen molar-refractivity contribution in [3.05, 3.63) is 89.5 Å². The Labute approximate surface area is 203 Å². The van der Waals surface area contributed by atoms with Gasteiger partial charge in [0.15, 0.2) is 4.90 Å². The van der Waals surface area contributed by atoms with E-state index >= 15 is 0 Å². The molecule has 4 nitrogen and oxygen atoms in total. The highest BCUT2D eigenvalue weighted by Gasteiger charge is 2.30. The Kier molecular flexibility index (Phi) is 8.52. The molecule has 3 aromatic carbocycles. The van der Waals surface area contributed by atoms with E-state index in [-0.39, 0.29) is 19.1 Å². The fraction of sp³-hybridized carbons (Fsp3) is 0.240. The molecule has 3 aromatic rings. The maximum absolute atomic E-state index is 14.2. The highest BCUT2D eigenvalue weighted by atomic mass is 32.2. The second-order valence-corrected chi connectivity index (χ2v) is 9.51. The Morgan fingerprint density at radius 3 is 2.14 bits per heavy atom. The molecule has 0 heterocycles. The third kappa shape index (κ3) is 7.27. The van der Waals surface area contributed by atoms with Gasteiger partial charge in [-0.2, -0.15) is 13.2 Å². The molecule has 0 saturated heterocycles. The van der Waals surface area contributed by atoms with Crippen molar-refractivity contribution >= 4 is 17.3 Å². The highest BCUT2D eigenvalue weighted by Crippen LogP contribution is 2.31. The van der Waals surface area contributed by atoms with E-state index in [0.29, 0.717) is 21.6 Å². The maximum atomic E-state index is 14.2. The van der Waals surface area contributed by atoms with Crippen LogP contribution >= 0.6 is 0 Å². The summed E-state index contributed by atoms with van der Waals surface area (Å²) < 4.78 is 80.0. The molecule has 0 bridgehead atoms. The Morgan fingerprint density at radius 2 is 1.57 bits per heavy atom. The van der Waals surface area contributed by atoms with E-state index in [9.17, 15) is 31.3 Å². The minimum atomic E-state index is -4.47. The number of hydrogen-bond donors (Lipinski definition) is 1. The molecule has 1 N–H and O–H groups in total. The molecule has 0 spiro atoms. The van der Waals surface area contributed by atoms with E-state index in [4.69, 9.17) is 0 Å². The van der Waals surface area contributed by atoms with Gasteiger partial charge in [0.2, 0.25) is 5.91 Å². The third-order valence-corrected chi connectivity index (χ3v) is 6.75. The SMILES string of the molecule is CC(C)N(CC(=O)NCc1cc(F)cc(-c2ccc(C(F)(F)F)cc2)c1)[S+]([O-])c1ccc(F)cc1. The minimum Gasteiger partial charge on any atom is -0.593 e. The number of nitrogens with zero attached hydrogens (tertiary/aromatic N) is 1. The lowest BCUT2D eigenvalue weighted by molar-refractivity contribution is -0.137. The van der Waals surface area contributed by atoms with Crippen molar-refractivity contribution in [3.63, 3.8) is 0 Å². The Bertz CT molecular complexity index is 1150. The molecule has 0 saturated carbocycles. The quantitative estimate of drug-likeness (QED) is 0.313. The summed E-state index contributed by atoms with van der Waals surface area (Å²) in [5.41, 5.74) is 0.358. The second-order valence-electron chi connectivity index (χ2n) is 8.07. The van der Waals surface area contributed by atoms with Gasteiger partial charge in [-0.3, -0.25) is 4.79 Å². The van der Waals surface area contributed by atoms with Crippen LogP contribution in [0.25, 0.3) is 11.1 Å². The second kappa shape index (κ2) is 11.2. The van der Waals surface area contributed by atoms with Crippen molar-refractivity contribution in [2.75, 3.05) is 6.54 Å². The predicted octanol–water partition coefficient (Wildman–Crippen LogP) is 5.70. The number of amides is 1. The summed E-state index contributed by atoms with van der Waals surface area (Å²) in [6.07, 6.45) is -4.47. The zero-order chi connectivity index (χ0) is 25.8. The lowest BCUT2D eigenvalue weighted by atomic mass is 10.0. The monoisotopic (exact) mass is 510 g/mol. The smallest absolute Gasteiger partial charge is 0.416 e. The molecule has 0 aliphatic rings. The summed E-state index contributed by atoms with van der Waals surface area (Å²) >= 11 is -1.70. The zero-order valence-electron chi connectivity index (χ0n) is 18.9. The summed E-state index contributed by atoms with van der Waals surface area (Å²) in [5, 5.41) is 2.64. The van der Waals surface area contributed by atoms with Crippen molar-refractivity contribution in [2.24, 2.45) is 0 Å². The number of alkyl halides is 3. The van der Waals surface area contributed by atoms with E-state index in [1.807, 2.05) is 0 Å². The van der Waals surface area contributed by atoms with Gasteiger partial charge in [0, 0.05) is 6.54 Å².